The van der Waals surface area contributed by atoms with Crippen molar-refractivity contribution in [3.8, 4) is 5.69 Å². The first-order chi connectivity index (χ1) is 18.4. The summed E-state index contributed by atoms with van der Waals surface area (Å²) >= 11 is 0. The zero-order valence-electron chi connectivity index (χ0n) is 22.0. The predicted octanol–water partition coefficient (Wildman–Crippen LogP) is 2.75. The number of sulfonamides is 1. The fraction of sp³-hybridized carbons (Fsp3) is 0.370. The van der Waals surface area contributed by atoms with E-state index in [0.29, 0.717) is 47.5 Å². The maximum absolute atomic E-state index is 13.3. The number of piperidine rings is 1. The molecule has 1 fully saturated rings. The Morgan fingerprint density at radius 3 is 2.46 bits per heavy atom. The molecule has 0 aliphatic carbocycles. The highest BCUT2D eigenvalue weighted by atomic mass is 32.2. The summed E-state index contributed by atoms with van der Waals surface area (Å²) in [6, 6.07) is 9.84. The summed E-state index contributed by atoms with van der Waals surface area (Å²) in [7, 11) is -3.74. The van der Waals surface area contributed by atoms with Crippen molar-refractivity contribution in [1.82, 2.24) is 19.4 Å². The van der Waals surface area contributed by atoms with Crippen molar-refractivity contribution in [2.24, 2.45) is 5.73 Å². The standard InChI is InChI=1S/C27H31FN6O4S/c1-16-24-23(15-27(2,3)31-26(24)36)34(32-16)19-6-9-21(25(29)35)22(14-19)30-18-10-12-33(13-11-18)39(37,38)20-7-4-17(28)5-8-20/h4-9,14,18,30H,10-13,15H2,1-3H3,(H2,29,35)(H,31,36). The van der Waals surface area contributed by atoms with Crippen LogP contribution >= 0.6 is 0 Å². The number of nitrogens with one attached hydrogen (secondary N) is 2. The number of primary amides is 1. The summed E-state index contributed by atoms with van der Waals surface area (Å²) < 4.78 is 42.3. The molecule has 2 aliphatic rings. The lowest BCUT2D eigenvalue weighted by molar-refractivity contribution is 0.0894. The quantitative estimate of drug-likeness (QED) is 0.428. The minimum atomic E-state index is -3.74. The third kappa shape index (κ3) is 5.13. The second kappa shape index (κ2) is 9.76. The number of aromatic nitrogens is 2. The SMILES string of the molecule is Cc1nn(-c2ccc(C(N)=O)c(NC3CCN(S(=O)(=O)c4ccc(F)cc4)CC3)c2)c2c1C(=O)NC(C)(C)C2. The van der Waals surface area contributed by atoms with Gasteiger partial charge in [0.05, 0.1) is 33.1 Å². The summed E-state index contributed by atoms with van der Waals surface area (Å²) in [4.78, 5) is 25.0. The Bertz CT molecular complexity index is 1560. The minimum Gasteiger partial charge on any atom is -0.382 e. The van der Waals surface area contributed by atoms with Crippen LogP contribution in [-0.2, 0) is 16.4 Å². The van der Waals surface area contributed by atoms with Crippen molar-refractivity contribution < 1.29 is 22.4 Å². The van der Waals surface area contributed by atoms with Gasteiger partial charge in [0.2, 0.25) is 10.0 Å². The summed E-state index contributed by atoms with van der Waals surface area (Å²) in [6.07, 6.45) is 1.57. The first-order valence-electron chi connectivity index (χ1n) is 12.7. The van der Waals surface area contributed by atoms with Gasteiger partial charge in [-0.25, -0.2) is 17.5 Å². The monoisotopic (exact) mass is 554 g/mol. The van der Waals surface area contributed by atoms with Crippen molar-refractivity contribution in [1.29, 1.82) is 0 Å². The van der Waals surface area contributed by atoms with Crippen LogP contribution in [0.3, 0.4) is 0 Å². The average molecular weight is 555 g/mol. The molecule has 12 heteroatoms. The molecule has 0 unspecified atom stereocenters. The number of rotatable bonds is 6. The smallest absolute Gasteiger partial charge is 0.255 e. The van der Waals surface area contributed by atoms with E-state index in [4.69, 9.17) is 5.73 Å². The summed E-state index contributed by atoms with van der Waals surface area (Å²) in [5.74, 6) is -1.26. The number of anilines is 1. The number of hydrogen-bond donors (Lipinski definition) is 3. The van der Waals surface area contributed by atoms with Gasteiger partial charge in [0.15, 0.2) is 0 Å². The molecule has 3 aromatic rings. The molecule has 0 spiro atoms. The molecule has 0 radical (unpaired) electrons. The van der Waals surface area contributed by atoms with Crippen molar-refractivity contribution in [3.05, 3.63) is 70.8 Å². The molecule has 1 aromatic heterocycles. The van der Waals surface area contributed by atoms with Gasteiger partial charge in [-0.1, -0.05) is 0 Å². The van der Waals surface area contributed by atoms with Gasteiger partial charge in [-0.05, 0) is 76.1 Å². The van der Waals surface area contributed by atoms with E-state index in [1.165, 1.54) is 16.4 Å². The van der Waals surface area contributed by atoms with Crippen molar-refractivity contribution >= 4 is 27.5 Å². The third-order valence-electron chi connectivity index (χ3n) is 7.22. The van der Waals surface area contributed by atoms with Gasteiger partial charge in [-0.2, -0.15) is 9.40 Å². The highest BCUT2D eigenvalue weighted by molar-refractivity contribution is 7.89. The molecule has 39 heavy (non-hydrogen) atoms. The number of aryl methyl sites for hydroxylation is 1. The second-order valence-electron chi connectivity index (χ2n) is 10.7. The Labute approximate surface area is 226 Å². The number of carbonyl (C=O) groups excluding carboxylic acids is 2. The predicted molar refractivity (Wildman–Crippen MR) is 144 cm³/mol. The van der Waals surface area contributed by atoms with Crippen LogP contribution in [0.4, 0.5) is 10.1 Å². The molecule has 0 bridgehead atoms. The Balaban J connectivity index is 1.38. The molecule has 0 saturated carbocycles. The Morgan fingerprint density at radius 1 is 1.15 bits per heavy atom. The van der Waals surface area contributed by atoms with Crippen molar-refractivity contribution in [2.75, 3.05) is 18.4 Å². The van der Waals surface area contributed by atoms with E-state index in [1.807, 2.05) is 13.8 Å². The fourth-order valence-electron chi connectivity index (χ4n) is 5.29. The van der Waals surface area contributed by atoms with Gasteiger partial charge in [-0.3, -0.25) is 9.59 Å². The zero-order chi connectivity index (χ0) is 28.1. The molecule has 206 valence electrons. The van der Waals surface area contributed by atoms with Crippen LogP contribution < -0.4 is 16.4 Å². The van der Waals surface area contributed by atoms with Gasteiger partial charge in [-0.15, -0.1) is 0 Å². The number of carbonyl (C=O) groups is 2. The number of hydrogen-bond acceptors (Lipinski definition) is 6. The first kappa shape index (κ1) is 26.8. The summed E-state index contributed by atoms with van der Waals surface area (Å²) in [5.41, 5.74) is 8.67. The lowest BCUT2D eigenvalue weighted by atomic mass is 9.90. The number of nitrogens with zero attached hydrogens (tertiary/aromatic N) is 3. The molecule has 5 rings (SSSR count). The molecule has 4 N–H and O–H groups in total. The lowest BCUT2D eigenvalue weighted by Crippen LogP contribution is -2.49. The maximum atomic E-state index is 13.3. The molecule has 2 aliphatic heterocycles. The van der Waals surface area contributed by atoms with E-state index in [9.17, 15) is 22.4 Å². The second-order valence-corrected chi connectivity index (χ2v) is 12.6. The highest BCUT2D eigenvalue weighted by Gasteiger charge is 2.35. The largest absolute Gasteiger partial charge is 0.382 e. The van der Waals surface area contributed by atoms with Crippen LogP contribution in [0.5, 0.6) is 0 Å². The van der Waals surface area contributed by atoms with E-state index >= 15 is 0 Å². The van der Waals surface area contributed by atoms with E-state index in [1.54, 1.807) is 29.8 Å². The molecule has 2 amide bonds. The highest BCUT2D eigenvalue weighted by Crippen LogP contribution is 2.30. The number of halogens is 1. The topological polar surface area (TPSA) is 139 Å². The summed E-state index contributed by atoms with van der Waals surface area (Å²) in [5, 5.41) is 11.0. The molecular formula is C27H31FN6O4S. The van der Waals surface area contributed by atoms with E-state index < -0.39 is 27.3 Å². The van der Waals surface area contributed by atoms with Crippen LogP contribution in [0.2, 0.25) is 0 Å². The Kier molecular flexibility index (Phi) is 6.71. The van der Waals surface area contributed by atoms with E-state index in [0.717, 1.165) is 17.8 Å². The molecule has 1 saturated heterocycles. The average Bonchev–Trinajstić information content (AvgIpc) is 3.19. The number of nitrogens with two attached hydrogens (primary N) is 1. The molecular weight excluding hydrogens is 523 g/mol. The van der Waals surface area contributed by atoms with E-state index in [2.05, 4.69) is 15.7 Å². The van der Waals surface area contributed by atoms with Gasteiger partial charge in [0.1, 0.15) is 5.82 Å². The Hall–Kier alpha value is -3.77. The number of fused-ring (bicyclic) bond motifs is 1. The van der Waals surface area contributed by atoms with Crippen LogP contribution in [0.15, 0.2) is 47.4 Å². The molecule has 2 aromatic carbocycles. The van der Waals surface area contributed by atoms with Gasteiger partial charge in [0.25, 0.3) is 11.8 Å². The van der Waals surface area contributed by atoms with Crippen molar-refractivity contribution in [3.63, 3.8) is 0 Å². The molecule has 3 heterocycles. The van der Waals surface area contributed by atoms with Gasteiger partial charge >= 0.3 is 0 Å². The third-order valence-corrected chi connectivity index (χ3v) is 9.14. The lowest BCUT2D eigenvalue weighted by Gasteiger charge is -2.32. The first-order valence-corrected chi connectivity index (χ1v) is 14.2. The van der Waals surface area contributed by atoms with Crippen LogP contribution in [0, 0.1) is 12.7 Å². The fourth-order valence-corrected chi connectivity index (χ4v) is 6.76. The van der Waals surface area contributed by atoms with Crippen molar-refractivity contribution in [2.45, 2.75) is 56.5 Å². The zero-order valence-corrected chi connectivity index (χ0v) is 22.8. The minimum absolute atomic E-state index is 0.0498. The normalized spacial score (nSPS) is 17.9. The molecule has 0 atom stereocenters. The number of amides is 2. The van der Waals surface area contributed by atoms with Gasteiger partial charge in [0, 0.05) is 36.8 Å². The molecule has 10 nitrogen and oxygen atoms in total. The van der Waals surface area contributed by atoms with Crippen LogP contribution in [0.25, 0.3) is 5.69 Å². The Morgan fingerprint density at radius 2 is 1.82 bits per heavy atom. The maximum Gasteiger partial charge on any atom is 0.255 e. The number of benzene rings is 2. The van der Waals surface area contributed by atoms with E-state index in [-0.39, 0.29) is 29.9 Å². The van der Waals surface area contributed by atoms with Gasteiger partial charge < -0.3 is 16.4 Å². The van der Waals surface area contributed by atoms with Crippen LogP contribution in [0.1, 0.15) is 58.8 Å². The van der Waals surface area contributed by atoms with Crippen LogP contribution in [-0.4, -0.2) is 59.0 Å². The summed E-state index contributed by atoms with van der Waals surface area (Å²) in [6.45, 7) is 6.22.